The van der Waals surface area contributed by atoms with Gasteiger partial charge in [-0.15, -0.1) is 10.2 Å². The summed E-state index contributed by atoms with van der Waals surface area (Å²) in [6.45, 7) is 5.18. The Hall–Kier alpha value is -1.64. The quantitative estimate of drug-likeness (QED) is 0.599. The van der Waals surface area contributed by atoms with Crippen molar-refractivity contribution in [3.63, 3.8) is 0 Å². The zero-order valence-corrected chi connectivity index (χ0v) is 15.6. The summed E-state index contributed by atoms with van der Waals surface area (Å²) in [6, 6.07) is 7.33. The van der Waals surface area contributed by atoms with Gasteiger partial charge in [0.25, 0.3) is 0 Å². The first-order valence-corrected chi connectivity index (χ1v) is 9.57. The summed E-state index contributed by atoms with van der Waals surface area (Å²) in [5, 5.41) is 17.0. The molecule has 1 N–H and O–H groups in total. The molecule has 0 aliphatic carbocycles. The molecule has 0 unspecified atom stereocenters. The Balaban J connectivity index is 1.56. The molecule has 24 heavy (non-hydrogen) atoms. The van der Waals surface area contributed by atoms with Crippen LogP contribution in [0.25, 0.3) is 11.4 Å². The van der Waals surface area contributed by atoms with Gasteiger partial charge in [-0.05, 0) is 30.2 Å². The van der Waals surface area contributed by atoms with Gasteiger partial charge in [0.2, 0.25) is 16.8 Å². The molecule has 0 bridgehead atoms. The van der Waals surface area contributed by atoms with Gasteiger partial charge in [0, 0.05) is 17.1 Å². The lowest BCUT2D eigenvalue weighted by molar-refractivity contribution is 0.391. The van der Waals surface area contributed by atoms with Crippen molar-refractivity contribution in [2.24, 2.45) is 5.92 Å². The molecule has 0 aliphatic rings. The van der Waals surface area contributed by atoms with Crippen LogP contribution in [0.2, 0.25) is 5.02 Å². The molecule has 3 aromatic rings. The standard InChI is InChI=1S/C15H16ClN5OS2/c1-9(2)7-17-14-19-20-15(24-14)23-8-12-18-13(21-22-12)10-3-5-11(16)6-4-10/h3-6,9H,7-8H2,1-2H3,(H,17,19). The minimum absolute atomic E-state index is 0.553. The number of hydrogen-bond donors (Lipinski definition) is 1. The third-order valence-corrected chi connectivity index (χ3v) is 5.21. The minimum Gasteiger partial charge on any atom is -0.360 e. The number of anilines is 1. The fourth-order valence-electron chi connectivity index (χ4n) is 1.78. The Kier molecular flexibility index (Phi) is 5.70. The molecule has 2 aromatic heterocycles. The molecule has 0 fully saturated rings. The zero-order valence-electron chi connectivity index (χ0n) is 13.2. The third kappa shape index (κ3) is 4.68. The van der Waals surface area contributed by atoms with Crippen LogP contribution in [-0.4, -0.2) is 26.9 Å². The summed E-state index contributed by atoms with van der Waals surface area (Å²) in [5.74, 6) is 2.23. The molecule has 0 amide bonds. The fraction of sp³-hybridized carbons (Fsp3) is 0.333. The van der Waals surface area contributed by atoms with E-state index in [0.717, 1.165) is 21.6 Å². The summed E-state index contributed by atoms with van der Waals surface area (Å²) in [6.07, 6.45) is 0. The molecule has 9 heteroatoms. The van der Waals surface area contributed by atoms with Crippen molar-refractivity contribution in [2.75, 3.05) is 11.9 Å². The third-order valence-electron chi connectivity index (χ3n) is 2.96. The predicted octanol–water partition coefficient (Wildman–Crippen LogP) is 4.60. The zero-order chi connectivity index (χ0) is 16.9. The van der Waals surface area contributed by atoms with Gasteiger partial charge in [-0.1, -0.05) is 53.7 Å². The monoisotopic (exact) mass is 381 g/mol. The molecule has 1 aromatic carbocycles. The van der Waals surface area contributed by atoms with Crippen molar-refractivity contribution >= 4 is 39.8 Å². The number of benzene rings is 1. The Labute approximate surface area is 153 Å². The second kappa shape index (κ2) is 7.96. The molecule has 3 rings (SSSR count). The Morgan fingerprint density at radius 2 is 2.04 bits per heavy atom. The maximum Gasteiger partial charge on any atom is 0.237 e. The molecule has 6 nitrogen and oxygen atoms in total. The van der Waals surface area contributed by atoms with Gasteiger partial charge in [0.15, 0.2) is 4.34 Å². The smallest absolute Gasteiger partial charge is 0.237 e. The summed E-state index contributed by atoms with van der Waals surface area (Å²) in [7, 11) is 0. The first-order valence-electron chi connectivity index (χ1n) is 7.39. The van der Waals surface area contributed by atoms with E-state index in [2.05, 4.69) is 39.5 Å². The summed E-state index contributed by atoms with van der Waals surface area (Å²) >= 11 is 8.93. The van der Waals surface area contributed by atoms with Gasteiger partial charge in [-0.2, -0.15) is 4.98 Å². The normalized spacial score (nSPS) is 11.2. The van der Waals surface area contributed by atoms with Crippen LogP contribution in [0.4, 0.5) is 5.13 Å². The second-order valence-corrected chi connectivity index (χ2v) is 8.09. The number of halogens is 1. The maximum absolute atomic E-state index is 5.88. The number of thioether (sulfide) groups is 1. The fourth-order valence-corrected chi connectivity index (χ4v) is 3.51. The van der Waals surface area contributed by atoms with E-state index in [1.165, 1.54) is 23.1 Å². The first kappa shape index (κ1) is 17.2. The second-order valence-electron chi connectivity index (χ2n) is 5.46. The van der Waals surface area contributed by atoms with Crippen molar-refractivity contribution in [3.05, 3.63) is 35.2 Å². The number of hydrogen-bond acceptors (Lipinski definition) is 8. The number of aromatic nitrogens is 4. The molecule has 0 aliphatic heterocycles. The highest BCUT2D eigenvalue weighted by atomic mass is 35.5. The van der Waals surface area contributed by atoms with Gasteiger partial charge in [-0.25, -0.2) is 0 Å². The highest BCUT2D eigenvalue weighted by molar-refractivity contribution is 8.00. The molecular formula is C15H16ClN5OS2. The molecule has 0 spiro atoms. The average Bonchev–Trinajstić information content (AvgIpc) is 3.21. The van der Waals surface area contributed by atoms with Crippen LogP contribution in [0, 0.1) is 5.92 Å². The molecule has 2 heterocycles. The van der Waals surface area contributed by atoms with Crippen LogP contribution in [0.5, 0.6) is 0 Å². The topological polar surface area (TPSA) is 76.7 Å². The Morgan fingerprint density at radius 3 is 2.79 bits per heavy atom. The van der Waals surface area contributed by atoms with Crippen molar-refractivity contribution < 1.29 is 4.52 Å². The maximum atomic E-state index is 5.88. The lowest BCUT2D eigenvalue weighted by atomic mass is 10.2. The molecule has 0 atom stereocenters. The van der Waals surface area contributed by atoms with Crippen LogP contribution >= 0.6 is 34.7 Å². The van der Waals surface area contributed by atoms with E-state index in [4.69, 9.17) is 16.1 Å². The van der Waals surface area contributed by atoms with Crippen LogP contribution in [-0.2, 0) is 5.75 Å². The lowest BCUT2D eigenvalue weighted by Gasteiger charge is -2.03. The molecule has 0 saturated heterocycles. The van der Waals surface area contributed by atoms with Gasteiger partial charge in [0.1, 0.15) is 0 Å². The van der Waals surface area contributed by atoms with E-state index in [0.29, 0.717) is 28.4 Å². The van der Waals surface area contributed by atoms with Crippen LogP contribution < -0.4 is 5.32 Å². The van der Waals surface area contributed by atoms with E-state index in [1.54, 1.807) is 12.1 Å². The summed E-state index contributed by atoms with van der Waals surface area (Å²) in [5.41, 5.74) is 0.871. The van der Waals surface area contributed by atoms with Gasteiger partial charge < -0.3 is 9.84 Å². The molecule has 0 saturated carbocycles. The minimum atomic E-state index is 0.553. The number of nitrogens with one attached hydrogen (secondary N) is 1. The van der Waals surface area contributed by atoms with Crippen LogP contribution in [0.1, 0.15) is 19.7 Å². The average molecular weight is 382 g/mol. The summed E-state index contributed by atoms with van der Waals surface area (Å²) < 4.78 is 6.15. The SMILES string of the molecule is CC(C)CNc1nnc(SCc2nc(-c3ccc(Cl)cc3)no2)s1. The van der Waals surface area contributed by atoms with Gasteiger partial charge in [-0.3, -0.25) is 0 Å². The van der Waals surface area contributed by atoms with E-state index in [-0.39, 0.29) is 0 Å². The molecular weight excluding hydrogens is 366 g/mol. The van der Waals surface area contributed by atoms with Crippen LogP contribution in [0.3, 0.4) is 0 Å². The van der Waals surface area contributed by atoms with E-state index in [1.807, 2.05) is 12.1 Å². The Morgan fingerprint density at radius 1 is 1.25 bits per heavy atom. The van der Waals surface area contributed by atoms with E-state index in [9.17, 15) is 0 Å². The predicted molar refractivity (Wildman–Crippen MR) is 97.5 cm³/mol. The highest BCUT2D eigenvalue weighted by Crippen LogP contribution is 2.28. The first-order chi connectivity index (χ1) is 11.6. The van der Waals surface area contributed by atoms with E-state index < -0.39 is 0 Å². The lowest BCUT2D eigenvalue weighted by Crippen LogP contribution is -2.07. The van der Waals surface area contributed by atoms with Crippen molar-refractivity contribution in [1.29, 1.82) is 0 Å². The molecule has 0 radical (unpaired) electrons. The number of nitrogens with zero attached hydrogens (tertiary/aromatic N) is 4. The largest absolute Gasteiger partial charge is 0.360 e. The van der Waals surface area contributed by atoms with Gasteiger partial charge in [0.05, 0.1) is 5.75 Å². The summed E-state index contributed by atoms with van der Waals surface area (Å²) in [4.78, 5) is 4.39. The van der Waals surface area contributed by atoms with Crippen molar-refractivity contribution in [2.45, 2.75) is 23.9 Å². The highest BCUT2D eigenvalue weighted by Gasteiger charge is 2.11. The van der Waals surface area contributed by atoms with E-state index >= 15 is 0 Å². The van der Waals surface area contributed by atoms with Crippen molar-refractivity contribution in [1.82, 2.24) is 20.3 Å². The van der Waals surface area contributed by atoms with Crippen LogP contribution in [0.15, 0.2) is 33.1 Å². The number of rotatable bonds is 7. The van der Waals surface area contributed by atoms with Gasteiger partial charge >= 0.3 is 0 Å². The molecule has 126 valence electrons. The Bertz CT molecular complexity index is 787. The van der Waals surface area contributed by atoms with Crippen molar-refractivity contribution in [3.8, 4) is 11.4 Å².